The fraction of sp³-hybridized carbons (Fsp3) is 0.174. The molecule has 5 rings (SSSR count). The van der Waals surface area contributed by atoms with E-state index in [9.17, 15) is 4.79 Å². The van der Waals surface area contributed by atoms with Crippen molar-refractivity contribution in [3.63, 3.8) is 0 Å². The first-order chi connectivity index (χ1) is 15.2. The Morgan fingerprint density at radius 1 is 1.10 bits per heavy atom. The van der Waals surface area contributed by atoms with Crippen LogP contribution in [-0.2, 0) is 18.2 Å². The van der Waals surface area contributed by atoms with Crippen LogP contribution < -0.4 is 5.43 Å². The number of hydrogen-bond donors (Lipinski definition) is 0. The largest absolute Gasteiger partial charge is 0.373 e. The van der Waals surface area contributed by atoms with Crippen molar-refractivity contribution in [1.82, 2.24) is 29.5 Å². The van der Waals surface area contributed by atoms with Crippen molar-refractivity contribution < 1.29 is 4.74 Å². The Morgan fingerprint density at radius 3 is 2.71 bits per heavy atom. The molecule has 0 fully saturated rings. The zero-order valence-corrected chi connectivity index (χ0v) is 17.0. The fourth-order valence-corrected chi connectivity index (χ4v) is 3.49. The molecule has 8 nitrogen and oxygen atoms in total. The van der Waals surface area contributed by atoms with Crippen molar-refractivity contribution in [3.05, 3.63) is 94.4 Å². The summed E-state index contributed by atoms with van der Waals surface area (Å²) in [5.41, 5.74) is 5.11. The second-order valence-electron chi connectivity index (χ2n) is 7.36. The first kappa shape index (κ1) is 19.1. The van der Waals surface area contributed by atoms with E-state index in [1.54, 1.807) is 21.8 Å². The average molecular weight is 412 g/mol. The van der Waals surface area contributed by atoms with Gasteiger partial charge >= 0.3 is 0 Å². The van der Waals surface area contributed by atoms with Gasteiger partial charge in [-0.15, -0.1) is 0 Å². The van der Waals surface area contributed by atoms with Gasteiger partial charge in [-0.05, 0) is 17.2 Å². The van der Waals surface area contributed by atoms with Gasteiger partial charge in [0.25, 0.3) is 0 Å². The number of aryl methyl sites for hydroxylation is 1. The van der Waals surface area contributed by atoms with E-state index in [0.29, 0.717) is 31.2 Å². The van der Waals surface area contributed by atoms with Crippen LogP contribution in [0.1, 0.15) is 16.8 Å². The maximum absolute atomic E-state index is 12.4. The quantitative estimate of drug-likeness (QED) is 0.500. The summed E-state index contributed by atoms with van der Waals surface area (Å²) in [5.74, 6) is 0.638. The minimum Gasteiger partial charge on any atom is -0.373 e. The van der Waals surface area contributed by atoms with E-state index >= 15 is 0 Å². The molecule has 154 valence electrons. The van der Waals surface area contributed by atoms with Gasteiger partial charge in [0.15, 0.2) is 5.82 Å². The lowest BCUT2D eigenvalue weighted by Gasteiger charge is -2.07. The Morgan fingerprint density at radius 2 is 1.97 bits per heavy atom. The highest BCUT2D eigenvalue weighted by Crippen LogP contribution is 2.21. The summed E-state index contributed by atoms with van der Waals surface area (Å²) in [6, 6.07) is 9.40. The zero-order chi connectivity index (χ0) is 21.2. The molecule has 4 heterocycles. The van der Waals surface area contributed by atoms with E-state index in [4.69, 9.17) is 4.74 Å². The second-order valence-corrected chi connectivity index (χ2v) is 7.36. The van der Waals surface area contributed by atoms with E-state index in [2.05, 4.69) is 20.2 Å². The van der Waals surface area contributed by atoms with Crippen molar-refractivity contribution >= 4 is 5.57 Å². The van der Waals surface area contributed by atoms with Gasteiger partial charge in [0.05, 0.1) is 25.6 Å². The van der Waals surface area contributed by atoms with Crippen LogP contribution in [0, 0.1) is 0 Å². The number of ether oxygens (including phenoxy) is 1. The maximum Gasteiger partial charge on any atom is 0.203 e. The summed E-state index contributed by atoms with van der Waals surface area (Å²) < 4.78 is 8.72. The summed E-state index contributed by atoms with van der Waals surface area (Å²) in [6.07, 6.45) is 11.3. The van der Waals surface area contributed by atoms with E-state index < -0.39 is 0 Å². The van der Waals surface area contributed by atoms with E-state index in [1.807, 2.05) is 56.0 Å². The van der Waals surface area contributed by atoms with Crippen molar-refractivity contribution in [2.75, 3.05) is 13.2 Å². The van der Waals surface area contributed by atoms with Gasteiger partial charge in [0, 0.05) is 49.3 Å². The molecule has 8 heteroatoms. The van der Waals surface area contributed by atoms with Crippen molar-refractivity contribution in [2.24, 2.45) is 7.05 Å². The SMILES string of the molecule is Cn1cc(-n2ccc(=O)c(Cc3cccc(-c4ncc(C5=CCOC5)cn4)c3)n2)cn1. The molecule has 1 aliphatic heterocycles. The summed E-state index contributed by atoms with van der Waals surface area (Å²) >= 11 is 0. The van der Waals surface area contributed by atoms with Crippen LogP contribution in [0.5, 0.6) is 0 Å². The molecule has 0 bridgehead atoms. The molecular formula is C23H20N6O2. The highest BCUT2D eigenvalue weighted by atomic mass is 16.5. The Bertz CT molecular complexity index is 1320. The summed E-state index contributed by atoms with van der Waals surface area (Å²) in [7, 11) is 1.84. The molecule has 4 aromatic rings. The minimum atomic E-state index is -0.0989. The smallest absolute Gasteiger partial charge is 0.203 e. The van der Waals surface area contributed by atoms with Crippen molar-refractivity contribution in [3.8, 4) is 17.1 Å². The Balaban J connectivity index is 1.40. The van der Waals surface area contributed by atoms with Crippen LogP contribution in [0.25, 0.3) is 22.6 Å². The molecular weight excluding hydrogens is 392 g/mol. The topological polar surface area (TPSA) is 87.7 Å². The lowest BCUT2D eigenvalue weighted by Crippen LogP contribution is -2.16. The lowest BCUT2D eigenvalue weighted by molar-refractivity contribution is 0.216. The Kier molecular flexibility index (Phi) is 4.97. The Labute approximate surface area is 178 Å². The van der Waals surface area contributed by atoms with E-state index in [0.717, 1.165) is 28.0 Å². The molecule has 0 saturated heterocycles. The van der Waals surface area contributed by atoms with Gasteiger partial charge in [-0.2, -0.15) is 10.2 Å². The molecule has 0 aliphatic carbocycles. The van der Waals surface area contributed by atoms with Crippen molar-refractivity contribution in [1.29, 1.82) is 0 Å². The van der Waals surface area contributed by atoms with Crippen LogP contribution in [0.4, 0.5) is 0 Å². The molecule has 1 aliphatic rings. The highest BCUT2D eigenvalue weighted by molar-refractivity contribution is 5.67. The van der Waals surface area contributed by atoms with Gasteiger partial charge in [0.2, 0.25) is 5.43 Å². The predicted octanol–water partition coefficient (Wildman–Crippen LogP) is 2.43. The Hall–Kier alpha value is -3.91. The van der Waals surface area contributed by atoms with Crippen LogP contribution in [0.15, 0.2) is 72.2 Å². The first-order valence-corrected chi connectivity index (χ1v) is 9.92. The minimum absolute atomic E-state index is 0.0989. The molecule has 0 radical (unpaired) electrons. The highest BCUT2D eigenvalue weighted by Gasteiger charge is 2.11. The van der Waals surface area contributed by atoms with Crippen LogP contribution in [0.2, 0.25) is 0 Å². The van der Waals surface area contributed by atoms with Gasteiger partial charge < -0.3 is 4.74 Å². The van der Waals surface area contributed by atoms with Gasteiger partial charge in [0.1, 0.15) is 11.4 Å². The third kappa shape index (κ3) is 4.06. The molecule has 0 saturated carbocycles. The molecule has 0 unspecified atom stereocenters. The number of rotatable bonds is 5. The molecule has 0 N–H and O–H groups in total. The monoisotopic (exact) mass is 412 g/mol. The van der Waals surface area contributed by atoms with Crippen molar-refractivity contribution in [2.45, 2.75) is 6.42 Å². The number of nitrogens with zero attached hydrogens (tertiary/aromatic N) is 6. The normalized spacial score (nSPS) is 13.4. The summed E-state index contributed by atoms with van der Waals surface area (Å²) in [4.78, 5) is 21.4. The van der Waals surface area contributed by atoms with Crippen LogP contribution >= 0.6 is 0 Å². The summed E-state index contributed by atoms with van der Waals surface area (Å²) in [5, 5.41) is 8.67. The second kappa shape index (κ2) is 8.08. The lowest BCUT2D eigenvalue weighted by atomic mass is 10.1. The van der Waals surface area contributed by atoms with Crippen LogP contribution in [0.3, 0.4) is 0 Å². The predicted molar refractivity (Wildman–Crippen MR) is 116 cm³/mol. The fourth-order valence-electron chi connectivity index (χ4n) is 3.49. The third-order valence-electron chi connectivity index (χ3n) is 5.12. The molecule has 0 atom stereocenters. The zero-order valence-electron chi connectivity index (χ0n) is 17.0. The van der Waals surface area contributed by atoms with Gasteiger partial charge in [-0.25, -0.2) is 14.6 Å². The number of hydrogen-bond acceptors (Lipinski definition) is 6. The molecule has 31 heavy (non-hydrogen) atoms. The van der Waals surface area contributed by atoms with E-state index in [-0.39, 0.29) is 5.43 Å². The molecule has 0 amide bonds. The third-order valence-corrected chi connectivity index (χ3v) is 5.12. The summed E-state index contributed by atoms with van der Waals surface area (Å²) in [6.45, 7) is 1.23. The molecule has 0 spiro atoms. The van der Waals surface area contributed by atoms with E-state index in [1.165, 1.54) is 6.07 Å². The molecule has 3 aromatic heterocycles. The molecule has 1 aromatic carbocycles. The van der Waals surface area contributed by atoms with Crippen LogP contribution in [-0.4, -0.2) is 42.7 Å². The first-order valence-electron chi connectivity index (χ1n) is 9.92. The standard InChI is InChI=1S/C23H20N6O2/c1-28-14-20(13-26-28)29-7-5-22(30)21(27-29)10-16-3-2-4-17(9-16)23-24-11-19(12-25-23)18-6-8-31-15-18/h2-7,9,11-14H,8,10,15H2,1H3. The average Bonchev–Trinajstić information content (AvgIpc) is 3.48. The number of benzene rings is 1. The van der Waals surface area contributed by atoms with Gasteiger partial charge in [-0.1, -0.05) is 24.3 Å². The maximum atomic E-state index is 12.4. The number of aromatic nitrogens is 6. The van der Waals surface area contributed by atoms with Gasteiger partial charge in [-0.3, -0.25) is 9.48 Å².